The van der Waals surface area contributed by atoms with Crippen LogP contribution in [0.3, 0.4) is 0 Å². The lowest BCUT2D eigenvalue weighted by molar-refractivity contribution is 0.0944. The Morgan fingerprint density at radius 3 is 2.70 bits per heavy atom. The van der Waals surface area contributed by atoms with E-state index in [1.807, 2.05) is 59.3 Å². The van der Waals surface area contributed by atoms with Crippen LogP contribution in [-0.4, -0.2) is 34.9 Å². The molecule has 7 heteroatoms. The fourth-order valence-corrected chi connectivity index (χ4v) is 4.13. The van der Waals surface area contributed by atoms with E-state index in [2.05, 4.69) is 10.4 Å². The van der Waals surface area contributed by atoms with Gasteiger partial charge in [-0.3, -0.25) is 9.69 Å². The largest absolute Gasteiger partial charge is 0.447 e. The van der Waals surface area contributed by atoms with Crippen LogP contribution in [0, 0.1) is 0 Å². The third-order valence-electron chi connectivity index (χ3n) is 5.58. The van der Waals surface area contributed by atoms with E-state index in [0.29, 0.717) is 25.4 Å². The Kier molecular flexibility index (Phi) is 4.71. The number of para-hydroxylation sites is 1. The number of aromatic nitrogens is 2. The van der Waals surface area contributed by atoms with Gasteiger partial charge in [-0.2, -0.15) is 5.10 Å². The summed E-state index contributed by atoms with van der Waals surface area (Å²) in [5, 5.41) is 7.63. The van der Waals surface area contributed by atoms with Crippen LogP contribution in [0.5, 0.6) is 0 Å². The molecule has 152 valence electrons. The fourth-order valence-electron chi connectivity index (χ4n) is 4.13. The van der Waals surface area contributed by atoms with Crippen LogP contribution >= 0.6 is 0 Å². The molecule has 0 atom stereocenters. The lowest BCUT2D eigenvalue weighted by Gasteiger charge is -2.14. The lowest BCUT2D eigenvalue weighted by atomic mass is 10.1. The Labute approximate surface area is 174 Å². The minimum Gasteiger partial charge on any atom is -0.447 e. The Hall–Kier alpha value is -3.61. The van der Waals surface area contributed by atoms with Gasteiger partial charge in [0.15, 0.2) is 5.69 Å². The molecule has 2 aromatic carbocycles. The monoisotopic (exact) mass is 402 g/mol. The number of anilines is 1. The van der Waals surface area contributed by atoms with Crippen LogP contribution in [0.4, 0.5) is 10.5 Å². The molecule has 1 N–H and O–H groups in total. The number of amides is 2. The minimum absolute atomic E-state index is 0.172. The number of ether oxygens (including phenoxy) is 1. The van der Waals surface area contributed by atoms with E-state index >= 15 is 0 Å². The van der Waals surface area contributed by atoms with Gasteiger partial charge in [0.1, 0.15) is 6.61 Å². The van der Waals surface area contributed by atoms with Gasteiger partial charge in [0, 0.05) is 23.5 Å². The third-order valence-corrected chi connectivity index (χ3v) is 5.58. The maximum atomic E-state index is 12.9. The van der Waals surface area contributed by atoms with Gasteiger partial charge < -0.3 is 10.1 Å². The zero-order valence-corrected chi connectivity index (χ0v) is 16.5. The van der Waals surface area contributed by atoms with Crippen molar-refractivity contribution >= 4 is 17.7 Å². The quantitative estimate of drug-likeness (QED) is 0.711. The Morgan fingerprint density at radius 2 is 1.90 bits per heavy atom. The molecule has 0 radical (unpaired) electrons. The highest BCUT2D eigenvalue weighted by atomic mass is 16.6. The summed E-state index contributed by atoms with van der Waals surface area (Å²) in [4.78, 5) is 26.3. The Bertz CT molecular complexity index is 1110. The lowest BCUT2D eigenvalue weighted by Crippen LogP contribution is -2.25. The highest BCUT2D eigenvalue weighted by Gasteiger charge is 2.27. The van der Waals surface area contributed by atoms with Gasteiger partial charge >= 0.3 is 6.09 Å². The molecular formula is C23H22N4O3. The van der Waals surface area contributed by atoms with Crippen molar-refractivity contribution in [3.05, 3.63) is 77.1 Å². The smallest absolute Gasteiger partial charge is 0.414 e. The normalized spacial score (nSPS) is 15.2. The number of rotatable bonds is 5. The standard InChI is InChI=1S/C23H22N4O3/c28-22(24-15-16-6-4-9-18(14-16)26-12-13-30-23(26)29)21-19-10-5-11-20(19)27(25-21)17-7-2-1-3-8-17/h1-4,6-9,14H,5,10-13,15H2,(H,24,28). The van der Waals surface area contributed by atoms with Crippen molar-refractivity contribution in [2.45, 2.75) is 25.8 Å². The van der Waals surface area contributed by atoms with Crippen molar-refractivity contribution in [2.75, 3.05) is 18.1 Å². The molecule has 0 spiro atoms. The topological polar surface area (TPSA) is 76.5 Å². The van der Waals surface area contributed by atoms with E-state index in [9.17, 15) is 9.59 Å². The van der Waals surface area contributed by atoms with E-state index < -0.39 is 0 Å². The molecule has 2 aliphatic rings. The zero-order chi connectivity index (χ0) is 20.5. The van der Waals surface area contributed by atoms with Crippen molar-refractivity contribution in [3.63, 3.8) is 0 Å². The van der Waals surface area contributed by atoms with Crippen LogP contribution in [0.1, 0.15) is 33.7 Å². The van der Waals surface area contributed by atoms with Crippen LogP contribution in [-0.2, 0) is 24.1 Å². The molecule has 5 rings (SSSR count). The molecule has 1 aromatic heterocycles. The maximum Gasteiger partial charge on any atom is 0.414 e. The number of hydrogen-bond acceptors (Lipinski definition) is 4. The molecule has 0 bridgehead atoms. The van der Waals surface area contributed by atoms with Gasteiger partial charge in [0.25, 0.3) is 5.91 Å². The minimum atomic E-state index is -0.335. The molecule has 3 aromatic rings. The first kappa shape index (κ1) is 18.4. The first-order valence-corrected chi connectivity index (χ1v) is 10.2. The van der Waals surface area contributed by atoms with E-state index in [1.54, 1.807) is 4.90 Å². The van der Waals surface area contributed by atoms with Gasteiger partial charge in [-0.1, -0.05) is 30.3 Å². The van der Waals surface area contributed by atoms with E-state index in [-0.39, 0.29) is 12.0 Å². The van der Waals surface area contributed by atoms with Crippen molar-refractivity contribution < 1.29 is 14.3 Å². The average Bonchev–Trinajstić information content (AvgIpc) is 3.49. The van der Waals surface area contributed by atoms with Gasteiger partial charge in [-0.15, -0.1) is 0 Å². The first-order valence-electron chi connectivity index (χ1n) is 10.2. The number of carbonyl (C=O) groups is 2. The Balaban J connectivity index is 1.34. The molecule has 1 fully saturated rings. The van der Waals surface area contributed by atoms with Gasteiger partial charge in [-0.05, 0) is 49.1 Å². The van der Waals surface area contributed by atoms with Crippen molar-refractivity contribution in [3.8, 4) is 5.69 Å². The van der Waals surface area contributed by atoms with Crippen LogP contribution in [0.15, 0.2) is 54.6 Å². The SMILES string of the molecule is O=C(NCc1cccc(N2CCOC2=O)c1)c1nn(-c2ccccc2)c2c1CCC2. The molecule has 2 amide bonds. The number of hydrogen-bond donors (Lipinski definition) is 1. The summed E-state index contributed by atoms with van der Waals surface area (Å²) in [5.74, 6) is -0.172. The summed E-state index contributed by atoms with van der Waals surface area (Å²) >= 11 is 0. The maximum absolute atomic E-state index is 12.9. The highest BCUT2D eigenvalue weighted by Crippen LogP contribution is 2.28. The van der Waals surface area contributed by atoms with Crippen molar-refractivity contribution in [2.24, 2.45) is 0 Å². The van der Waals surface area contributed by atoms with Gasteiger partial charge in [0.2, 0.25) is 0 Å². The third kappa shape index (κ3) is 3.32. The zero-order valence-electron chi connectivity index (χ0n) is 16.5. The molecule has 0 unspecified atom stereocenters. The predicted molar refractivity (Wildman–Crippen MR) is 112 cm³/mol. The summed E-state index contributed by atoms with van der Waals surface area (Å²) < 4.78 is 6.90. The summed E-state index contributed by atoms with van der Waals surface area (Å²) in [5.41, 5.74) is 5.34. The summed E-state index contributed by atoms with van der Waals surface area (Å²) in [6, 6.07) is 17.5. The second kappa shape index (κ2) is 7.67. The van der Waals surface area contributed by atoms with E-state index in [0.717, 1.165) is 47.5 Å². The summed E-state index contributed by atoms with van der Waals surface area (Å²) in [6.45, 7) is 1.30. The van der Waals surface area contributed by atoms with Crippen LogP contribution in [0.25, 0.3) is 5.69 Å². The average molecular weight is 402 g/mol. The van der Waals surface area contributed by atoms with E-state index in [4.69, 9.17) is 4.74 Å². The number of nitrogens with one attached hydrogen (secondary N) is 1. The number of benzene rings is 2. The fraction of sp³-hybridized carbons (Fsp3) is 0.261. The van der Waals surface area contributed by atoms with E-state index in [1.165, 1.54) is 0 Å². The van der Waals surface area contributed by atoms with Gasteiger partial charge in [-0.25, -0.2) is 9.48 Å². The van der Waals surface area contributed by atoms with Crippen LogP contribution < -0.4 is 10.2 Å². The first-order chi connectivity index (χ1) is 14.7. The number of cyclic esters (lactones) is 1. The molecule has 1 aliphatic heterocycles. The molecule has 30 heavy (non-hydrogen) atoms. The predicted octanol–water partition coefficient (Wildman–Crippen LogP) is 3.25. The summed E-state index contributed by atoms with van der Waals surface area (Å²) in [6.07, 6.45) is 2.50. The van der Waals surface area contributed by atoms with Crippen LogP contribution in [0.2, 0.25) is 0 Å². The number of carbonyl (C=O) groups excluding carboxylic acids is 2. The van der Waals surface area contributed by atoms with Crippen molar-refractivity contribution in [1.82, 2.24) is 15.1 Å². The molecule has 1 saturated heterocycles. The second-order valence-electron chi connectivity index (χ2n) is 7.49. The molecule has 1 aliphatic carbocycles. The second-order valence-corrected chi connectivity index (χ2v) is 7.49. The molecular weight excluding hydrogens is 380 g/mol. The van der Waals surface area contributed by atoms with Gasteiger partial charge in [0.05, 0.1) is 12.2 Å². The number of nitrogens with zero attached hydrogens (tertiary/aromatic N) is 3. The Morgan fingerprint density at radius 1 is 1.07 bits per heavy atom. The summed E-state index contributed by atoms with van der Waals surface area (Å²) in [7, 11) is 0. The molecule has 7 nitrogen and oxygen atoms in total. The number of fused-ring (bicyclic) bond motifs is 1. The highest BCUT2D eigenvalue weighted by molar-refractivity contribution is 5.94. The molecule has 2 heterocycles. The molecule has 0 saturated carbocycles. The van der Waals surface area contributed by atoms with Crippen molar-refractivity contribution in [1.29, 1.82) is 0 Å².